The highest BCUT2D eigenvalue weighted by Gasteiger charge is 2.31. The number of hydrogen-bond donors (Lipinski definition) is 0. The summed E-state index contributed by atoms with van der Waals surface area (Å²) in [4.78, 5) is 10.8. The zero-order valence-corrected chi connectivity index (χ0v) is 11.8. The van der Waals surface area contributed by atoms with Crippen LogP contribution in [0.4, 0.5) is 17.6 Å². The van der Waals surface area contributed by atoms with Crippen LogP contribution in [0.3, 0.4) is 0 Å². The van der Waals surface area contributed by atoms with Gasteiger partial charge in [-0.1, -0.05) is 25.7 Å². The average Bonchev–Trinajstić information content (AvgIpc) is 2.75. The van der Waals surface area contributed by atoms with E-state index in [9.17, 15) is 22.4 Å². The van der Waals surface area contributed by atoms with Crippen LogP contribution in [0.15, 0.2) is 42.7 Å². The number of hydrogen-bond acceptors (Lipinski definition) is 3. The molecule has 1 unspecified atom stereocenters. The van der Waals surface area contributed by atoms with Gasteiger partial charge in [0.2, 0.25) is 0 Å². The Bertz CT molecular complexity index is 570. The van der Waals surface area contributed by atoms with E-state index in [0.717, 1.165) is 18.2 Å². The Morgan fingerprint density at radius 2 is 2.14 bits per heavy atom. The molecule has 1 aromatic rings. The topological polar surface area (TPSA) is 26.3 Å². The molecule has 0 radical (unpaired) electrons. The van der Waals surface area contributed by atoms with Crippen LogP contribution in [0.25, 0.3) is 0 Å². The van der Waals surface area contributed by atoms with E-state index in [1.807, 2.05) is 0 Å². The highest BCUT2D eigenvalue weighted by molar-refractivity contribution is 7.12. The molecule has 0 aromatic carbocycles. The Morgan fingerprint density at radius 3 is 2.62 bits per heavy atom. The fourth-order valence-corrected chi connectivity index (χ4v) is 2.29. The predicted octanol–water partition coefficient (Wildman–Crippen LogP) is 4.97. The van der Waals surface area contributed by atoms with Crippen LogP contribution in [-0.4, -0.2) is 12.6 Å². The van der Waals surface area contributed by atoms with Crippen LogP contribution in [0, 0.1) is 5.13 Å². The van der Waals surface area contributed by atoms with Crippen LogP contribution in [0.5, 0.6) is 0 Å². The van der Waals surface area contributed by atoms with Crippen LogP contribution in [0.1, 0.15) is 28.1 Å². The van der Waals surface area contributed by atoms with Crippen molar-refractivity contribution in [2.75, 3.05) is 0 Å². The van der Waals surface area contributed by atoms with Gasteiger partial charge in [-0.15, -0.1) is 24.5 Å². The SMILES string of the molecule is C=C/C=C(\C=C/C(C)c1cc(C=O)sc1F)OC(F)(F)F. The van der Waals surface area contributed by atoms with E-state index in [4.69, 9.17) is 0 Å². The first-order valence-electron chi connectivity index (χ1n) is 5.78. The molecule has 0 fully saturated rings. The Balaban J connectivity index is 2.90. The summed E-state index contributed by atoms with van der Waals surface area (Å²) >= 11 is 0.687. The monoisotopic (exact) mass is 320 g/mol. The fraction of sp³-hybridized carbons (Fsp3) is 0.214. The van der Waals surface area contributed by atoms with E-state index in [1.165, 1.54) is 12.1 Å². The Kier molecular flexibility index (Phi) is 5.90. The van der Waals surface area contributed by atoms with Crippen molar-refractivity contribution in [2.45, 2.75) is 19.2 Å². The van der Waals surface area contributed by atoms with Crippen LogP contribution >= 0.6 is 11.3 Å². The lowest BCUT2D eigenvalue weighted by Gasteiger charge is -2.10. The number of ether oxygens (including phenoxy) is 1. The summed E-state index contributed by atoms with van der Waals surface area (Å²) in [5, 5.41) is -0.541. The molecule has 0 spiro atoms. The molecule has 1 aromatic heterocycles. The summed E-state index contributed by atoms with van der Waals surface area (Å²) < 4.78 is 53.8. The van der Waals surface area contributed by atoms with Gasteiger partial charge >= 0.3 is 6.36 Å². The number of aldehydes is 1. The number of rotatable bonds is 6. The summed E-state index contributed by atoms with van der Waals surface area (Å²) in [6.45, 7) is 4.88. The number of alkyl halides is 3. The van der Waals surface area contributed by atoms with Crippen molar-refractivity contribution in [1.29, 1.82) is 0 Å². The Labute approximate surface area is 123 Å². The second-order valence-corrected chi connectivity index (χ2v) is 5.03. The maximum atomic E-state index is 13.6. The third kappa shape index (κ3) is 5.55. The normalized spacial score (nSPS) is 14.2. The second kappa shape index (κ2) is 7.21. The first-order chi connectivity index (χ1) is 9.76. The minimum atomic E-state index is -4.82. The van der Waals surface area contributed by atoms with Crippen molar-refractivity contribution in [3.63, 3.8) is 0 Å². The van der Waals surface area contributed by atoms with Gasteiger partial charge in [-0.25, -0.2) is 0 Å². The molecule has 0 aliphatic rings. The molecule has 0 bridgehead atoms. The lowest BCUT2D eigenvalue weighted by atomic mass is 10.0. The van der Waals surface area contributed by atoms with Crippen molar-refractivity contribution in [3.05, 3.63) is 58.3 Å². The quantitative estimate of drug-likeness (QED) is 0.320. The summed E-state index contributed by atoms with van der Waals surface area (Å²) in [7, 11) is 0. The van der Waals surface area contributed by atoms with E-state index >= 15 is 0 Å². The molecule has 114 valence electrons. The largest absolute Gasteiger partial charge is 0.573 e. The summed E-state index contributed by atoms with van der Waals surface area (Å²) in [6.07, 6.45) is 0.311. The molecule has 1 atom stereocenters. The lowest BCUT2D eigenvalue weighted by Crippen LogP contribution is -2.12. The van der Waals surface area contributed by atoms with E-state index in [0.29, 0.717) is 17.6 Å². The number of carbonyl (C=O) groups excluding carboxylic acids is 1. The molecule has 0 saturated heterocycles. The third-order valence-electron chi connectivity index (χ3n) is 2.40. The number of allylic oxidation sites excluding steroid dienone is 4. The van der Waals surface area contributed by atoms with Gasteiger partial charge in [0, 0.05) is 11.5 Å². The van der Waals surface area contributed by atoms with Gasteiger partial charge in [0.1, 0.15) is 5.76 Å². The predicted molar refractivity (Wildman–Crippen MR) is 72.6 cm³/mol. The summed E-state index contributed by atoms with van der Waals surface area (Å²) in [5.41, 5.74) is 0.239. The van der Waals surface area contributed by atoms with Crippen molar-refractivity contribution >= 4 is 17.6 Å². The molecule has 1 rings (SSSR count). The van der Waals surface area contributed by atoms with Gasteiger partial charge in [0.15, 0.2) is 11.4 Å². The first-order valence-corrected chi connectivity index (χ1v) is 6.59. The summed E-state index contributed by atoms with van der Waals surface area (Å²) in [5.74, 6) is -0.976. The Morgan fingerprint density at radius 1 is 1.48 bits per heavy atom. The maximum absolute atomic E-state index is 13.6. The molecular weight excluding hydrogens is 308 g/mol. The summed E-state index contributed by atoms with van der Waals surface area (Å²) in [6, 6.07) is 1.36. The highest BCUT2D eigenvalue weighted by atomic mass is 32.1. The van der Waals surface area contributed by atoms with E-state index in [1.54, 1.807) is 6.92 Å². The number of halogens is 4. The second-order valence-electron chi connectivity index (χ2n) is 4.00. The molecule has 0 amide bonds. The molecular formula is C14H12F4O2S. The number of thiophene rings is 1. The van der Waals surface area contributed by atoms with Crippen LogP contribution in [-0.2, 0) is 4.74 Å². The van der Waals surface area contributed by atoms with Crippen LogP contribution in [0.2, 0.25) is 0 Å². The minimum absolute atomic E-state index is 0.219. The third-order valence-corrected chi connectivity index (χ3v) is 3.27. The van der Waals surface area contributed by atoms with Gasteiger partial charge in [-0.3, -0.25) is 4.79 Å². The van der Waals surface area contributed by atoms with Crippen molar-refractivity contribution in [3.8, 4) is 0 Å². The molecule has 2 nitrogen and oxygen atoms in total. The van der Waals surface area contributed by atoms with Gasteiger partial charge in [0.05, 0.1) is 4.88 Å². The number of carbonyl (C=O) groups is 1. The molecule has 0 saturated carbocycles. The Hall–Kier alpha value is -1.89. The molecule has 0 N–H and O–H groups in total. The highest BCUT2D eigenvalue weighted by Crippen LogP contribution is 2.28. The standard InChI is InChI=1S/C14H12F4O2S/c1-3-4-10(20-14(16,17)18)6-5-9(2)12-7-11(8-19)21-13(12)15/h3-9H,1H2,2H3/b6-5-,10-4+. The molecule has 0 aliphatic heterocycles. The van der Waals surface area contributed by atoms with Crippen LogP contribution < -0.4 is 0 Å². The zero-order chi connectivity index (χ0) is 16.0. The maximum Gasteiger partial charge on any atom is 0.573 e. The lowest BCUT2D eigenvalue weighted by molar-refractivity contribution is -0.303. The van der Waals surface area contributed by atoms with E-state index in [-0.39, 0.29) is 10.4 Å². The first kappa shape index (κ1) is 17.2. The molecule has 7 heteroatoms. The van der Waals surface area contributed by atoms with Crippen molar-refractivity contribution in [2.24, 2.45) is 0 Å². The van der Waals surface area contributed by atoms with Gasteiger partial charge in [-0.2, -0.15) is 4.39 Å². The van der Waals surface area contributed by atoms with E-state index < -0.39 is 23.2 Å². The zero-order valence-electron chi connectivity index (χ0n) is 11.0. The van der Waals surface area contributed by atoms with Gasteiger partial charge in [0.25, 0.3) is 0 Å². The van der Waals surface area contributed by atoms with Crippen molar-refractivity contribution < 1.29 is 27.1 Å². The molecule has 21 heavy (non-hydrogen) atoms. The molecule has 1 heterocycles. The van der Waals surface area contributed by atoms with Gasteiger partial charge < -0.3 is 4.74 Å². The van der Waals surface area contributed by atoms with E-state index in [2.05, 4.69) is 11.3 Å². The average molecular weight is 320 g/mol. The molecule has 0 aliphatic carbocycles. The smallest absolute Gasteiger partial charge is 0.406 e. The minimum Gasteiger partial charge on any atom is -0.406 e. The van der Waals surface area contributed by atoms with Crippen molar-refractivity contribution in [1.82, 2.24) is 0 Å². The van der Waals surface area contributed by atoms with Gasteiger partial charge in [-0.05, 0) is 18.2 Å². The fourth-order valence-electron chi connectivity index (χ4n) is 1.49.